The Hall–Kier alpha value is -3.66. The first-order chi connectivity index (χ1) is 13.4. The van der Waals surface area contributed by atoms with Crippen LogP contribution < -0.4 is 0 Å². The molecule has 0 amide bonds. The van der Waals surface area contributed by atoms with Gasteiger partial charge in [0.2, 0.25) is 0 Å². The molecule has 0 saturated carbocycles. The molecule has 0 aliphatic heterocycles. The number of carbonyl (C=O) groups is 2. The highest BCUT2D eigenvalue weighted by Gasteiger charge is 2.01. The highest BCUT2D eigenvalue weighted by Crippen LogP contribution is 2.21. The van der Waals surface area contributed by atoms with Gasteiger partial charge in [-0.05, 0) is 48.3 Å². The molecule has 0 bridgehead atoms. The molecule has 142 valence electrons. The summed E-state index contributed by atoms with van der Waals surface area (Å²) in [4.78, 5) is 22.6. The Morgan fingerprint density at radius 1 is 0.679 bits per heavy atom. The summed E-state index contributed by atoms with van der Waals surface area (Å²) in [6, 6.07) is 15.7. The standard InChI is InChI=1S/C24H22O4/c1-17(2)23(25)27-15-13-19-5-9-21(10-6-19)22-11-7-20(8-12-22)14-16-28-24(26)18(3)4/h5-16H,1,3H2,2,4H3/b15-13+,16-14+. The summed E-state index contributed by atoms with van der Waals surface area (Å²) < 4.78 is 9.87. The third-order valence-electron chi connectivity index (χ3n) is 3.72. The molecule has 0 radical (unpaired) electrons. The van der Waals surface area contributed by atoms with Gasteiger partial charge in [-0.2, -0.15) is 0 Å². The Morgan fingerprint density at radius 3 is 1.29 bits per heavy atom. The van der Waals surface area contributed by atoms with Crippen LogP contribution in [-0.2, 0) is 19.1 Å². The van der Waals surface area contributed by atoms with Crippen molar-refractivity contribution in [3.8, 4) is 11.1 Å². The fraction of sp³-hybridized carbons (Fsp3) is 0.0833. The van der Waals surface area contributed by atoms with E-state index in [2.05, 4.69) is 13.2 Å². The number of hydrogen-bond acceptors (Lipinski definition) is 4. The maximum Gasteiger partial charge on any atom is 0.337 e. The van der Waals surface area contributed by atoms with E-state index >= 15 is 0 Å². The summed E-state index contributed by atoms with van der Waals surface area (Å²) in [5.41, 5.74) is 4.65. The van der Waals surface area contributed by atoms with Crippen molar-refractivity contribution in [1.29, 1.82) is 0 Å². The third-order valence-corrected chi connectivity index (χ3v) is 3.72. The summed E-state index contributed by atoms with van der Waals surface area (Å²) in [6.45, 7) is 10.2. The lowest BCUT2D eigenvalue weighted by molar-refractivity contribution is -0.134. The summed E-state index contributed by atoms with van der Waals surface area (Å²) in [6.07, 6.45) is 6.14. The molecule has 0 aliphatic rings. The molecule has 2 aromatic rings. The predicted molar refractivity (Wildman–Crippen MR) is 112 cm³/mol. The summed E-state index contributed by atoms with van der Waals surface area (Å²) >= 11 is 0. The quantitative estimate of drug-likeness (QED) is 0.363. The highest BCUT2D eigenvalue weighted by atomic mass is 16.5. The van der Waals surface area contributed by atoms with Gasteiger partial charge in [0.05, 0.1) is 12.5 Å². The molecular formula is C24H22O4. The zero-order valence-corrected chi connectivity index (χ0v) is 16.0. The first-order valence-corrected chi connectivity index (χ1v) is 8.63. The predicted octanol–water partition coefficient (Wildman–Crippen LogP) is 5.53. The van der Waals surface area contributed by atoms with Crippen LogP contribution in [0.15, 0.2) is 85.4 Å². The van der Waals surface area contributed by atoms with Crippen LogP contribution in [0.2, 0.25) is 0 Å². The van der Waals surface area contributed by atoms with Crippen molar-refractivity contribution in [2.75, 3.05) is 0 Å². The number of ether oxygens (including phenoxy) is 2. The van der Waals surface area contributed by atoms with Gasteiger partial charge in [0.25, 0.3) is 0 Å². The fourth-order valence-electron chi connectivity index (χ4n) is 2.12. The minimum Gasteiger partial charge on any atom is -0.431 e. The Labute approximate surface area is 165 Å². The molecule has 4 heteroatoms. The molecule has 0 spiro atoms. The molecular weight excluding hydrogens is 352 g/mol. The van der Waals surface area contributed by atoms with Crippen molar-refractivity contribution in [3.05, 3.63) is 96.5 Å². The molecule has 0 aliphatic carbocycles. The molecule has 0 N–H and O–H groups in total. The molecule has 28 heavy (non-hydrogen) atoms. The van der Waals surface area contributed by atoms with Crippen LogP contribution in [0.3, 0.4) is 0 Å². The Morgan fingerprint density at radius 2 is 1.00 bits per heavy atom. The molecule has 4 nitrogen and oxygen atoms in total. The number of benzene rings is 2. The van der Waals surface area contributed by atoms with Crippen LogP contribution in [0.4, 0.5) is 0 Å². The van der Waals surface area contributed by atoms with Crippen molar-refractivity contribution in [2.45, 2.75) is 13.8 Å². The summed E-state index contributed by atoms with van der Waals surface area (Å²) in [5.74, 6) is -0.896. The zero-order valence-electron chi connectivity index (χ0n) is 16.0. The van der Waals surface area contributed by atoms with Crippen LogP contribution in [0.5, 0.6) is 0 Å². The third kappa shape index (κ3) is 6.25. The van der Waals surface area contributed by atoms with E-state index in [4.69, 9.17) is 9.47 Å². The van der Waals surface area contributed by atoms with Crippen LogP contribution >= 0.6 is 0 Å². The van der Waals surface area contributed by atoms with Gasteiger partial charge in [-0.25, -0.2) is 9.59 Å². The molecule has 0 heterocycles. The van der Waals surface area contributed by atoms with Crippen molar-refractivity contribution < 1.29 is 19.1 Å². The monoisotopic (exact) mass is 374 g/mol. The molecule has 0 fully saturated rings. The second kappa shape index (κ2) is 9.88. The average Bonchev–Trinajstić information content (AvgIpc) is 2.68. The Balaban J connectivity index is 1.98. The SMILES string of the molecule is C=C(C)C(=O)O/C=C/c1ccc(-c2ccc(/C=C/OC(=O)C(=C)C)cc2)cc1. The lowest BCUT2D eigenvalue weighted by Gasteiger charge is -2.04. The minimum absolute atomic E-state index is 0.354. The lowest BCUT2D eigenvalue weighted by atomic mass is 10.0. The van der Waals surface area contributed by atoms with Crippen LogP contribution in [0, 0.1) is 0 Å². The van der Waals surface area contributed by atoms with Gasteiger partial charge in [0, 0.05) is 11.1 Å². The van der Waals surface area contributed by atoms with E-state index in [0.29, 0.717) is 11.1 Å². The van der Waals surface area contributed by atoms with Gasteiger partial charge in [0.1, 0.15) is 0 Å². The van der Waals surface area contributed by atoms with E-state index in [1.807, 2.05) is 48.5 Å². The van der Waals surface area contributed by atoms with Gasteiger partial charge in [-0.1, -0.05) is 61.7 Å². The number of hydrogen-bond donors (Lipinski definition) is 0. The molecule has 0 aromatic heterocycles. The van der Waals surface area contributed by atoms with Crippen molar-refractivity contribution in [2.24, 2.45) is 0 Å². The van der Waals surface area contributed by atoms with Gasteiger partial charge in [-0.3, -0.25) is 0 Å². The van der Waals surface area contributed by atoms with Gasteiger partial charge in [-0.15, -0.1) is 0 Å². The van der Waals surface area contributed by atoms with E-state index in [1.54, 1.807) is 26.0 Å². The maximum absolute atomic E-state index is 11.3. The lowest BCUT2D eigenvalue weighted by Crippen LogP contribution is -1.98. The highest BCUT2D eigenvalue weighted by molar-refractivity contribution is 5.88. The van der Waals surface area contributed by atoms with Crippen molar-refractivity contribution in [1.82, 2.24) is 0 Å². The molecule has 0 unspecified atom stereocenters. The second-order valence-corrected chi connectivity index (χ2v) is 6.22. The largest absolute Gasteiger partial charge is 0.431 e. The van der Waals surface area contributed by atoms with Gasteiger partial charge in [0.15, 0.2) is 0 Å². The number of rotatable bonds is 7. The van der Waals surface area contributed by atoms with Crippen molar-refractivity contribution >= 4 is 24.1 Å². The number of carbonyl (C=O) groups excluding carboxylic acids is 2. The Bertz CT molecular complexity index is 850. The van der Waals surface area contributed by atoms with Gasteiger partial charge >= 0.3 is 11.9 Å². The van der Waals surface area contributed by atoms with Gasteiger partial charge < -0.3 is 9.47 Å². The first-order valence-electron chi connectivity index (χ1n) is 8.63. The van der Waals surface area contributed by atoms with Crippen LogP contribution in [0.1, 0.15) is 25.0 Å². The molecule has 0 atom stereocenters. The molecule has 0 saturated heterocycles. The average molecular weight is 374 g/mol. The normalized spacial score (nSPS) is 10.8. The van der Waals surface area contributed by atoms with Crippen LogP contribution in [-0.4, -0.2) is 11.9 Å². The smallest absolute Gasteiger partial charge is 0.337 e. The number of esters is 2. The topological polar surface area (TPSA) is 52.6 Å². The van der Waals surface area contributed by atoms with E-state index in [0.717, 1.165) is 22.3 Å². The van der Waals surface area contributed by atoms with E-state index in [-0.39, 0.29) is 0 Å². The van der Waals surface area contributed by atoms with E-state index in [9.17, 15) is 9.59 Å². The first kappa shape index (κ1) is 20.6. The zero-order chi connectivity index (χ0) is 20.5. The summed E-state index contributed by atoms with van der Waals surface area (Å²) in [5, 5.41) is 0. The van der Waals surface area contributed by atoms with Crippen molar-refractivity contribution in [3.63, 3.8) is 0 Å². The van der Waals surface area contributed by atoms with E-state index in [1.165, 1.54) is 12.5 Å². The van der Waals surface area contributed by atoms with Crippen LogP contribution in [0.25, 0.3) is 23.3 Å². The fourth-order valence-corrected chi connectivity index (χ4v) is 2.12. The molecule has 2 aromatic carbocycles. The summed E-state index contributed by atoms with van der Waals surface area (Å²) in [7, 11) is 0. The minimum atomic E-state index is -0.448. The molecule has 2 rings (SSSR count). The second-order valence-electron chi connectivity index (χ2n) is 6.22. The van der Waals surface area contributed by atoms with E-state index < -0.39 is 11.9 Å². The Kier molecular flexibility index (Phi) is 7.28. The maximum atomic E-state index is 11.3.